The Kier molecular flexibility index (Phi) is 7.75. The highest BCUT2D eigenvalue weighted by Crippen LogP contribution is 2.34. The second-order valence-corrected chi connectivity index (χ2v) is 12.8. The van der Waals surface area contributed by atoms with Gasteiger partial charge in [-0.1, -0.05) is 0 Å². The Labute approximate surface area is 212 Å². The molecule has 0 atom stereocenters. The van der Waals surface area contributed by atoms with Gasteiger partial charge in [0.2, 0.25) is 0 Å². The molecule has 1 aromatic heterocycles. The minimum atomic E-state index is -4.66. The molecule has 14 nitrogen and oxygen atoms in total. The van der Waals surface area contributed by atoms with Crippen molar-refractivity contribution in [1.29, 1.82) is 0 Å². The number of benzene rings is 2. The lowest BCUT2D eigenvalue weighted by molar-refractivity contribution is 0.414. The fourth-order valence-electron chi connectivity index (χ4n) is 3.26. The highest BCUT2D eigenvalue weighted by molar-refractivity contribution is 7.93. The standard InChI is InChI=1S/C20H22N4O10S3/c1-12-10-16(17(34-3)11-18(12)35(26,27)8-9-36(28,29)30)21-22-19-13(2)23-24(20(19)25)14-4-6-15(7-5-14)37(31,32)33/h4-7,10-11,23H,8-9H2,1-3H3,(H,28,29,30)(H,31,32,33)/p-1. The number of hydrogen-bond acceptors (Lipinski definition) is 11. The van der Waals surface area contributed by atoms with E-state index in [1.807, 2.05) is 0 Å². The number of sulfone groups is 1. The van der Waals surface area contributed by atoms with Crippen molar-refractivity contribution in [3.63, 3.8) is 0 Å². The van der Waals surface area contributed by atoms with Crippen molar-refractivity contribution in [3.8, 4) is 11.4 Å². The summed E-state index contributed by atoms with van der Waals surface area (Å²) in [5, 5.41) is 10.7. The number of rotatable bonds is 9. The van der Waals surface area contributed by atoms with Crippen molar-refractivity contribution in [2.75, 3.05) is 18.6 Å². The van der Waals surface area contributed by atoms with Crippen molar-refractivity contribution in [3.05, 3.63) is 58.0 Å². The van der Waals surface area contributed by atoms with E-state index < -0.39 is 52.0 Å². The maximum Gasteiger partial charge on any atom is 0.299 e. The van der Waals surface area contributed by atoms with Gasteiger partial charge >= 0.3 is 0 Å². The highest BCUT2D eigenvalue weighted by atomic mass is 32.2. The maximum atomic E-state index is 12.9. The summed E-state index contributed by atoms with van der Waals surface area (Å²) < 4.78 is 95.6. The summed E-state index contributed by atoms with van der Waals surface area (Å²) in [7, 11) is -12.0. The Morgan fingerprint density at radius 2 is 1.62 bits per heavy atom. The molecule has 37 heavy (non-hydrogen) atoms. The molecule has 2 N–H and O–H groups in total. The fraction of sp³-hybridized carbons (Fsp3) is 0.250. The third kappa shape index (κ3) is 6.50. The summed E-state index contributed by atoms with van der Waals surface area (Å²) >= 11 is 0. The molecule has 0 aliphatic rings. The minimum absolute atomic E-state index is 0.0253. The van der Waals surface area contributed by atoms with Crippen LogP contribution in [0.5, 0.6) is 5.75 Å². The quantitative estimate of drug-likeness (QED) is 0.279. The Morgan fingerprint density at radius 3 is 2.16 bits per heavy atom. The number of methoxy groups -OCH3 is 1. The zero-order valence-corrected chi connectivity index (χ0v) is 22.0. The van der Waals surface area contributed by atoms with Crippen LogP contribution >= 0.6 is 0 Å². The second-order valence-electron chi connectivity index (χ2n) is 7.77. The first kappa shape index (κ1) is 28.2. The van der Waals surface area contributed by atoms with E-state index in [-0.39, 0.29) is 33.3 Å². The van der Waals surface area contributed by atoms with Gasteiger partial charge in [0.15, 0.2) is 15.5 Å². The molecule has 0 bridgehead atoms. The number of aromatic amines is 1. The topological polar surface area (TPSA) is 217 Å². The van der Waals surface area contributed by atoms with E-state index in [9.17, 15) is 34.6 Å². The molecule has 2 aromatic carbocycles. The van der Waals surface area contributed by atoms with E-state index in [0.29, 0.717) is 5.69 Å². The van der Waals surface area contributed by atoms with Gasteiger partial charge in [0.05, 0.1) is 39.8 Å². The summed E-state index contributed by atoms with van der Waals surface area (Å²) in [6.45, 7) is 2.98. The number of azo groups is 1. The van der Waals surface area contributed by atoms with Gasteiger partial charge < -0.3 is 9.29 Å². The van der Waals surface area contributed by atoms with Crippen molar-refractivity contribution in [2.24, 2.45) is 10.2 Å². The van der Waals surface area contributed by atoms with Gasteiger partial charge in [-0.05, 0) is 49.7 Å². The average Bonchev–Trinajstić information content (AvgIpc) is 3.08. The van der Waals surface area contributed by atoms with Crippen LogP contribution in [-0.4, -0.2) is 62.8 Å². The normalized spacial score (nSPS) is 12.8. The van der Waals surface area contributed by atoms with Crippen molar-refractivity contribution in [1.82, 2.24) is 9.78 Å². The van der Waals surface area contributed by atoms with Crippen LogP contribution in [0.4, 0.5) is 11.4 Å². The molecule has 17 heteroatoms. The smallest absolute Gasteiger partial charge is 0.299 e. The van der Waals surface area contributed by atoms with Crippen molar-refractivity contribution < 1.29 is 39.1 Å². The molecule has 0 unspecified atom stereocenters. The first-order valence-corrected chi connectivity index (χ1v) is 14.9. The van der Waals surface area contributed by atoms with E-state index in [0.717, 1.165) is 22.9 Å². The summed E-state index contributed by atoms with van der Waals surface area (Å²) in [4.78, 5) is 12.2. The Balaban J connectivity index is 1.97. The lowest BCUT2D eigenvalue weighted by Gasteiger charge is -2.11. The first-order valence-electron chi connectivity index (χ1n) is 10.2. The van der Waals surface area contributed by atoms with Crippen LogP contribution in [0, 0.1) is 13.8 Å². The van der Waals surface area contributed by atoms with Crippen LogP contribution in [0.1, 0.15) is 11.3 Å². The van der Waals surface area contributed by atoms with E-state index in [1.54, 1.807) is 0 Å². The van der Waals surface area contributed by atoms with Crippen LogP contribution in [0.25, 0.3) is 5.69 Å². The predicted molar refractivity (Wildman–Crippen MR) is 129 cm³/mol. The summed E-state index contributed by atoms with van der Waals surface area (Å²) in [6.07, 6.45) is 0. The van der Waals surface area contributed by atoms with Gasteiger partial charge in [0.1, 0.15) is 21.6 Å². The number of H-pyrrole nitrogens is 1. The number of nitrogens with zero attached hydrogens (tertiary/aromatic N) is 3. The summed E-state index contributed by atoms with van der Waals surface area (Å²) in [6, 6.07) is 7.09. The molecule has 0 fully saturated rings. The van der Waals surface area contributed by atoms with Gasteiger partial charge in [0.25, 0.3) is 15.7 Å². The Morgan fingerprint density at radius 1 is 1.00 bits per heavy atom. The van der Waals surface area contributed by atoms with Crippen molar-refractivity contribution in [2.45, 2.75) is 23.6 Å². The molecule has 1 heterocycles. The van der Waals surface area contributed by atoms with Gasteiger partial charge in [-0.2, -0.15) is 8.42 Å². The Hall–Kier alpha value is -3.38. The lowest BCUT2D eigenvalue weighted by atomic mass is 10.2. The molecule has 0 radical (unpaired) electrons. The number of aryl methyl sites for hydroxylation is 2. The maximum absolute atomic E-state index is 12.9. The largest absolute Gasteiger partial charge is 0.744 e. The second kappa shape index (κ2) is 10.2. The molecule has 0 saturated heterocycles. The minimum Gasteiger partial charge on any atom is -0.744 e. The van der Waals surface area contributed by atoms with E-state index in [1.165, 1.54) is 39.2 Å². The van der Waals surface area contributed by atoms with Crippen LogP contribution in [0.3, 0.4) is 0 Å². The van der Waals surface area contributed by atoms with Gasteiger partial charge in [0, 0.05) is 6.07 Å². The molecule has 0 aliphatic carbocycles. The van der Waals surface area contributed by atoms with Crippen molar-refractivity contribution >= 4 is 41.4 Å². The van der Waals surface area contributed by atoms with E-state index in [4.69, 9.17) is 9.29 Å². The summed E-state index contributed by atoms with van der Waals surface area (Å²) in [5.41, 5.74) is 0.0559. The lowest BCUT2D eigenvalue weighted by Crippen LogP contribution is -2.17. The molecule has 3 aromatic rings. The summed E-state index contributed by atoms with van der Waals surface area (Å²) in [5.74, 6) is -1.85. The third-order valence-corrected chi connectivity index (χ3v) is 8.78. The van der Waals surface area contributed by atoms with Gasteiger partial charge in [-0.15, -0.1) is 10.2 Å². The molecule has 0 saturated carbocycles. The van der Waals surface area contributed by atoms with Crippen LogP contribution in [0.2, 0.25) is 0 Å². The number of ether oxygens (including phenoxy) is 1. The Bertz CT molecular complexity index is 1750. The zero-order chi connectivity index (χ0) is 27.8. The number of hydrogen-bond donors (Lipinski definition) is 2. The molecular weight excluding hydrogens is 552 g/mol. The van der Waals surface area contributed by atoms with Crippen LogP contribution in [0.15, 0.2) is 61.2 Å². The van der Waals surface area contributed by atoms with Gasteiger partial charge in [-0.25, -0.2) is 21.5 Å². The molecule has 0 aliphatic heterocycles. The molecule has 3 rings (SSSR count). The monoisotopic (exact) mass is 573 g/mol. The van der Waals surface area contributed by atoms with E-state index >= 15 is 0 Å². The fourth-order valence-corrected chi connectivity index (χ4v) is 6.50. The van der Waals surface area contributed by atoms with Crippen LogP contribution < -0.4 is 10.3 Å². The molecule has 200 valence electrons. The number of nitrogens with one attached hydrogen (secondary N) is 1. The zero-order valence-electron chi connectivity index (χ0n) is 19.6. The molecule has 0 amide bonds. The van der Waals surface area contributed by atoms with E-state index in [2.05, 4.69) is 15.3 Å². The average molecular weight is 574 g/mol. The predicted octanol–water partition coefficient (Wildman–Crippen LogP) is 1.77. The SMILES string of the molecule is COc1cc(S(=O)(=O)CCS(=O)(=O)O)c(C)cc1N=Nc1c(C)[nH]n(-c2ccc(S(=O)(=O)[O-])cc2)c1=O. The van der Waals surface area contributed by atoms with Crippen LogP contribution in [-0.2, 0) is 30.1 Å². The van der Waals surface area contributed by atoms with Gasteiger partial charge in [-0.3, -0.25) is 14.4 Å². The molecular formula is C20H21N4O10S3-. The highest BCUT2D eigenvalue weighted by Gasteiger charge is 2.23. The molecule has 0 spiro atoms. The third-order valence-electron chi connectivity index (χ3n) is 5.10. The number of aromatic nitrogens is 2. The first-order chi connectivity index (χ1) is 17.0.